The van der Waals surface area contributed by atoms with Gasteiger partial charge in [-0.1, -0.05) is 67.8 Å². The molecule has 0 spiro atoms. The van der Waals surface area contributed by atoms with Crippen LogP contribution >= 0.6 is 0 Å². The van der Waals surface area contributed by atoms with E-state index in [4.69, 9.17) is 0 Å². The molecule has 0 radical (unpaired) electrons. The average Bonchev–Trinajstić information content (AvgIpc) is 2.93. The lowest BCUT2D eigenvalue weighted by Gasteiger charge is -2.47. The fourth-order valence-electron chi connectivity index (χ4n) is 6.37. The van der Waals surface area contributed by atoms with Crippen LogP contribution in [0.25, 0.3) is 0 Å². The van der Waals surface area contributed by atoms with E-state index in [0.717, 1.165) is 24.9 Å². The smallest absolute Gasteiger partial charge is 0.237 e. The van der Waals surface area contributed by atoms with Crippen LogP contribution in [0.3, 0.4) is 0 Å². The number of piperidine rings is 1. The number of fused-ring (bicyclic) bond motifs is 1. The van der Waals surface area contributed by atoms with Gasteiger partial charge in [-0.05, 0) is 63.5 Å². The molecule has 2 aliphatic rings. The van der Waals surface area contributed by atoms with Gasteiger partial charge in [-0.25, -0.2) is 0 Å². The summed E-state index contributed by atoms with van der Waals surface area (Å²) in [5.74, 6) is 1.06. The van der Waals surface area contributed by atoms with Gasteiger partial charge in [0.2, 0.25) is 11.8 Å². The third-order valence-electron chi connectivity index (χ3n) is 8.43. The van der Waals surface area contributed by atoms with Crippen LogP contribution in [-0.2, 0) is 22.6 Å². The maximum Gasteiger partial charge on any atom is 0.237 e. The lowest BCUT2D eigenvalue weighted by Crippen LogP contribution is -2.60. The molecule has 2 aromatic rings. The monoisotopic (exact) mass is 564 g/mol. The Bertz CT molecular complexity index is 1140. The molecule has 0 bridgehead atoms. The number of nitrogens with zero attached hydrogens (tertiary/aromatic N) is 1. The zero-order valence-electron chi connectivity index (χ0n) is 24.8. The predicted molar refractivity (Wildman–Crippen MR) is 161 cm³/mol. The fraction of sp³-hybridized carbons (Fsp3) is 0.576. The zero-order chi connectivity index (χ0) is 29.4. The molecule has 5 unspecified atom stereocenters. The molecule has 2 amide bonds. The van der Waals surface area contributed by atoms with Crippen molar-refractivity contribution in [1.82, 2.24) is 20.9 Å². The molecule has 1 saturated carbocycles. The summed E-state index contributed by atoms with van der Waals surface area (Å²) in [7, 11) is 0. The Hall–Kier alpha value is -2.94. The number of amides is 2. The third kappa shape index (κ3) is 9.28. The minimum atomic E-state index is -0.859. The lowest BCUT2D eigenvalue weighted by molar-refractivity contribution is -0.133. The molecule has 4 rings (SSSR count). The molecule has 41 heavy (non-hydrogen) atoms. The highest BCUT2D eigenvalue weighted by Crippen LogP contribution is 2.39. The van der Waals surface area contributed by atoms with Crippen LogP contribution in [-0.4, -0.2) is 70.3 Å². The van der Waals surface area contributed by atoms with Crippen molar-refractivity contribution in [1.29, 1.82) is 0 Å². The van der Waals surface area contributed by atoms with Crippen LogP contribution in [0.1, 0.15) is 64.0 Å². The predicted octanol–water partition coefficient (Wildman–Crippen LogP) is 3.37. The number of para-hydroxylation sites is 1. The summed E-state index contributed by atoms with van der Waals surface area (Å²) in [5.41, 5.74) is 1.40. The number of aliphatic hydroxyl groups excluding tert-OH is 1. The summed E-state index contributed by atoms with van der Waals surface area (Å²) in [6, 6.07) is 16.1. The van der Waals surface area contributed by atoms with Crippen LogP contribution in [0, 0.1) is 11.8 Å². The number of likely N-dealkylation sites (tertiary alicyclic amines) is 1. The second-order valence-electron chi connectivity index (χ2n) is 12.9. The molecule has 8 heteroatoms. The lowest BCUT2D eigenvalue weighted by atomic mass is 9.72. The van der Waals surface area contributed by atoms with Gasteiger partial charge in [0.15, 0.2) is 0 Å². The normalized spacial score (nSPS) is 22.8. The number of aliphatic hydroxyl groups is 1. The standard InChI is InChI=1S/C33H48N4O4/c1-33(2,3)36-32(41)28-18-24-13-7-8-15-26(24)21-37(28)22-30(39)27(17-23-11-5-4-6-12-23)35-31(40)20-34-19-25-14-9-10-16-29(25)38/h4-6,9-12,14,16,24,26-28,30,34,38-39H,7-8,13,15,17-22H2,1-3H3,(H,35,40)(H,36,41). The first-order chi connectivity index (χ1) is 19.6. The van der Waals surface area contributed by atoms with Crippen molar-refractivity contribution in [2.75, 3.05) is 19.6 Å². The first kappa shape index (κ1) is 31.0. The van der Waals surface area contributed by atoms with Crippen molar-refractivity contribution < 1.29 is 19.8 Å². The van der Waals surface area contributed by atoms with Crippen molar-refractivity contribution >= 4 is 11.8 Å². The van der Waals surface area contributed by atoms with E-state index in [0.29, 0.717) is 36.9 Å². The molecule has 8 nitrogen and oxygen atoms in total. The van der Waals surface area contributed by atoms with Gasteiger partial charge < -0.3 is 26.2 Å². The van der Waals surface area contributed by atoms with Crippen molar-refractivity contribution in [3.63, 3.8) is 0 Å². The second kappa shape index (κ2) is 14.3. The average molecular weight is 565 g/mol. The van der Waals surface area contributed by atoms with Gasteiger partial charge in [-0.3, -0.25) is 14.5 Å². The van der Waals surface area contributed by atoms with E-state index < -0.39 is 12.1 Å². The molecule has 224 valence electrons. The van der Waals surface area contributed by atoms with E-state index in [-0.39, 0.29) is 35.7 Å². The van der Waals surface area contributed by atoms with Crippen LogP contribution < -0.4 is 16.0 Å². The van der Waals surface area contributed by atoms with Gasteiger partial charge in [-0.2, -0.15) is 0 Å². The van der Waals surface area contributed by atoms with Gasteiger partial charge in [0.1, 0.15) is 5.75 Å². The van der Waals surface area contributed by atoms with E-state index in [9.17, 15) is 19.8 Å². The molecule has 1 aliphatic carbocycles. The Kier molecular flexibility index (Phi) is 10.8. The van der Waals surface area contributed by atoms with E-state index in [1.807, 2.05) is 63.2 Å². The number of benzene rings is 2. The summed E-state index contributed by atoms with van der Waals surface area (Å²) in [5, 5.41) is 30.9. The Morgan fingerprint density at radius 2 is 1.68 bits per heavy atom. The minimum Gasteiger partial charge on any atom is -0.508 e. The first-order valence-corrected chi connectivity index (χ1v) is 15.1. The molecule has 0 aromatic heterocycles. The number of aromatic hydroxyl groups is 1. The minimum absolute atomic E-state index is 0.0192. The molecule has 1 heterocycles. The Morgan fingerprint density at radius 3 is 2.39 bits per heavy atom. The molecule has 2 aromatic carbocycles. The summed E-state index contributed by atoms with van der Waals surface area (Å²) in [6.07, 6.45) is 5.20. The molecule has 2 fully saturated rings. The summed E-state index contributed by atoms with van der Waals surface area (Å²) >= 11 is 0. The molecule has 5 atom stereocenters. The number of carbonyl (C=O) groups excluding carboxylic acids is 2. The van der Waals surface area contributed by atoms with Gasteiger partial charge in [0, 0.05) is 30.7 Å². The highest BCUT2D eigenvalue weighted by molar-refractivity contribution is 5.82. The molecule has 1 saturated heterocycles. The number of β-amino-alcohol motifs (C(OH)–C–C–N with tert-alkyl or cyclic N) is 1. The SMILES string of the molecule is CC(C)(C)NC(=O)C1CC2CCCCC2CN1CC(O)C(Cc1ccccc1)NC(=O)CNCc1ccccc1O. The highest BCUT2D eigenvalue weighted by atomic mass is 16.3. The highest BCUT2D eigenvalue weighted by Gasteiger charge is 2.41. The van der Waals surface area contributed by atoms with Crippen molar-refractivity contribution in [3.8, 4) is 5.75 Å². The Morgan fingerprint density at radius 1 is 1.00 bits per heavy atom. The topological polar surface area (TPSA) is 114 Å². The van der Waals surface area contributed by atoms with Gasteiger partial charge in [0.25, 0.3) is 0 Å². The van der Waals surface area contributed by atoms with Crippen LogP contribution in [0.2, 0.25) is 0 Å². The molecule has 1 aliphatic heterocycles. The molecular weight excluding hydrogens is 516 g/mol. The summed E-state index contributed by atoms with van der Waals surface area (Å²) in [4.78, 5) is 28.6. The van der Waals surface area contributed by atoms with Gasteiger partial charge in [0.05, 0.1) is 24.7 Å². The van der Waals surface area contributed by atoms with E-state index in [2.05, 4.69) is 20.9 Å². The number of phenols is 1. The second-order valence-corrected chi connectivity index (χ2v) is 12.9. The fourth-order valence-corrected chi connectivity index (χ4v) is 6.37. The molecule has 5 N–H and O–H groups in total. The molecular formula is C33H48N4O4. The summed E-state index contributed by atoms with van der Waals surface area (Å²) in [6.45, 7) is 7.49. The number of hydrogen-bond donors (Lipinski definition) is 5. The van der Waals surface area contributed by atoms with Gasteiger partial charge in [-0.15, -0.1) is 0 Å². The van der Waals surface area contributed by atoms with Gasteiger partial charge >= 0.3 is 0 Å². The van der Waals surface area contributed by atoms with Crippen LogP contribution in [0.15, 0.2) is 54.6 Å². The quantitative estimate of drug-likeness (QED) is 0.286. The number of nitrogens with one attached hydrogen (secondary N) is 3. The van der Waals surface area contributed by atoms with Crippen molar-refractivity contribution in [2.24, 2.45) is 11.8 Å². The first-order valence-electron chi connectivity index (χ1n) is 15.1. The summed E-state index contributed by atoms with van der Waals surface area (Å²) < 4.78 is 0. The van der Waals surface area contributed by atoms with Crippen molar-refractivity contribution in [3.05, 3.63) is 65.7 Å². The third-order valence-corrected chi connectivity index (χ3v) is 8.43. The van der Waals surface area contributed by atoms with Crippen LogP contribution in [0.4, 0.5) is 0 Å². The number of hydrogen-bond acceptors (Lipinski definition) is 6. The maximum atomic E-state index is 13.4. The van der Waals surface area contributed by atoms with Crippen molar-refractivity contribution in [2.45, 2.75) is 89.6 Å². The Labute approximate surface area is 244 Å². The largest absolute Gasteiger partial charge is 0.508 e. The Balaban J connectivity index is 1.44. The number of carbonyl (C=O) groups is 2. The number of rotatable bonds is 11. The van der Waals surface area contributed by atoms with E-state index in [1.54, 1.807) is 12.1 Å². The zero-order valence-corrected chi connectivity index (χ0v) is 24.8. The number of phenolic OH excluding ortho intramolecular Hbond substituents is 1. The maximum absolute atomic E-state index is 13.4. The van der Waals surface area contributed by atoms with E-state index >= 15 is 0 Å². The van der Waals surface area contributed by atoms with Crippen LogP contribution in [0.5, 0.6) is 5.75 Å². The van der Waals surface area contributed by atoms with E-state index in [1.165, 1.54) is 19.3 Å².